The topological polar surface area (TPSA) is 65.4 Å². The highest BCUT2D eigenvalue weighted by Crippen LogP contribution is 2.27. The van der Waals surface area contributed by atoms with Gasteiger partial charge in [-0.3, -0.25) is 4.79 Å². The molecule has 1 heterocycles. The Kier molecular flexibility index (Phi) is 6.79. The average molecular weight is 420 g/mol. The Morgan fingerprint density at radius 3 is 2.57 bits per heavy atom. The number of nitrogens with zero attached hydrogens (tertiary/aromatic N) is 2. The summed E-state index contributed by atoms with van der Waals surface area (Å²) >= 11 is 12.3. The maximum atomic E-state index is 12.3. The first-order valence-corrected chi connectivity index (χ1v) is 9.43. The molecule has 6 nitrogen and oxygen atoms in total. The molecule has 146 valence electrons. The third-order valence-electron chi connectivity index (χ3n) is 3.84. The van der Waals surface area contributed by atoms with Gasteiger partial charge >= 0.3 is 0 Å². The summed E-state index contributed by atoms with van der Waals surface area (Å²) in [5.74, 6) is 1.32. The van der Waals surface area contributed by atoms with E-state index in [2.05, 4.69) is 10.4 Å². The van der Waals surface area contributed by atoms with Gasteiger partial charge in [0.15, 0.2) is 18.1 Å². The molecule has 0 bridgehead atoms. The largest absolute Gasteiger partial charge is 0.490 e. The number of hydrogen-bond donors (Lipinski definition) is 1. The average Bonchev–Trinajstić information content (AvgIpc) is 3.11. The molecule has 3 aromatic rings. The van der Waals surface area contributed by atoms with Crippen LogP contribution in [-0.4, -0.2) is 28.9 Å². The van der Waals surface area contributed by atoms with Crippen LogP contribution in [0.2, 0.25) is 10.0 Å². The molecule has 0 saturated carbocycles. The molecule has 1 N–H and O–H groups in total. The lowest BCUT2D eigenvalue weighted by Gasteiger charge is -2.13. The second kappa shape index (κ2) is 9.48. The van der Waals surface area contributed by atoms with E-state index in [1.54, 1.807) is 35.1 Å². The van der Waals surface area contributed by atoms with E-state index in [4.69, 9.17) is 32.7 Å². The predicted molar refractivity (Wildman–Crippen MR) is 110 cm³/mol. The molecule has 0 unspecified atom stereocenters. The number of aromatic nitrogens is 2. The first kappa shape index (κ1) is 20.0. The standard InChI is InChI=1S/C20H19Cl2N3O3/c1-2-27-16-8-3-4-9-17(16)28-13-19(26)24-18-10-11-23-25(18)12-14-6-5-7-15(21)20(14)22/h3-11H,2,12-13H2,1H3,(H,24,26). The van der Waals surface area contributed by atoms with E-state index in [1.807, 2.05) is 31.2 Å². The lowest BCUT2D eigenvalue weighted by Crippen LogP contribution is -2.22. The number of halogens is 2. The third kappa shape index (κ3) is 4.97. The smallest absolute Gasteiger partial charge is 0.263 e. The lowest BCUT2D eigenvalue weighted by atomic mass is 10.2. The van der Waals surface area contributed by atoms with Gasteiger partial charge in [0.05, 0.1) is 29.4 Å². The van der Waals surface area contributed by atoms with E-state index in [0.29, 0.717) is 40.5 Å². The summed E-state index contributed by atoms with van der Waals surface area (Å²) in [6.45, 7) is 2.61. The van der Waals surface area contributed by atoms with Crippen molar-refractivity contribution in [1.82, 2.24) is 9.78 Å². The summed E-state index contributed by atoms with van der Waals surface area (Å²) in [5.41, 5.74) is 0.801. The zero-order chi connectivity index (χ0) is 19.9. The maximum absolute atomic E-state index is 12.3. The Hall–Kier alpha value is -2.70. The van der Waals surface area contributed by atoms with Gasteiger partial charge in [-0.05, 0) is 30.7 Å². The number of benzene rings is 2. The van der Waals surface area contributed by atoms with Gasteiger partial charge in [0.2, 0.25) is 0 Å². The molecule has 8 heteroatoms. The zero-order valence-electron chi connectivity index (χ0n) is 15.2. The molecule has 0 fully saturated rings. The van der Waals surface area contributed by atoms with Gasteiger partial charge in [-0.25, -0.2) is 4.68 Å². The number of carbonyl (C=O) groups is 1. The number of para-hydroxylation sites is 2. The van der Waals surface area contributed by atoms with E-state index in [0.717, 1.165) is 5.56 Å². The molecule has 1 amide bonds. The number of ether oxygens (including phenoxy) is 2. The highest BCUT2D eigenvalue weighted by atomic mass is 35.5. The van der Waals surface area contributed by atoms with Gasteiger partial charge in [0, 0.05) is 6.07 Å². The molecule has 1 aromatic heterocycles. The molecular weight excluding hydrogens is 401 g/mol. The highest BCUT2D eigenvalue weighted by Gasteiger charge is 2.12. The third-order valence-corrected chi connectivity index (χ3v) is 4.70. The summed E-state index contributed by atoms with van der Waals surface area (Å²) in [7, 11) is 0. The molecule has 28 heavy (non-hydrogen) atoms. The number of hydrogen-bond acceptors (Lipinski definition) is 4. The minimum atomic E-state index is -0.315. The fraction of sp³-hybridized carbons (Fsp3) is 0.200. The predicted octanol–water partition coefficient (Wildman–Crippen LogP) is 4.65. The number of amides is 1. The minimum absolute atomic E-state index is 0.160. The van der Waals surface area contributed by atoms with Crippen LogP contribution in [-0.2, 0) is 11.3 Å². The van der Waals surface area contributed by atoms with Crippen molar-refractivity contribution in [2.75, 3.05) is 18.5 Å². The van der Waals surface area contributed by atoms with Crippen molar-refractivity contribution in [3.8, 4) is 11.5 Å². The Morgan fingerprint density at radius 1 is 1.07 bits per heavy atom. The quantitative estimate of drug-likeness (QED) is 0.576. The summed E-state index contributed by atoms with van der Waals surface area (Å²) in [6.07, 6.45) is 1.60. The highest BCUT2D eigenvalue weighted by molar-refractivity contribution is 6.42. The van der Waals surface area contributed by atoms with E-state index in [9.17, 15) is 4.79 Å². The second-order valence-corrected chi connectivity index (χ2v) is 6.59. The number of rotatable bonds is 8. The maximum Gasteiger partial charge on any atom is 0.263 e. The van der Waals surface area contributed by atoms with Crippen molar-refractivity contribution in [3.63, 3.8) is 0 Å². The molecule has 0 aliphatic carbocycles. The Balaban J connectivity index is 1.63. The van der Waals surface area contributed by atoms with Crippen LogP contribution in [0.25, 0.3) is 0 Å². The second-order valence-electron chi connectivity index (χ2n) is 5.80. The fourth-order valence-electron chi connectivity index (χ4n) is 2.56. The summed E-state index contributed by atoms with van der Waals surface area (Å²) in [6, 6.07) is 14.3. The van der Waals surface area contributed by atoms with Gasteiger partial charge in [0.1, 0.15) is 5.82 Å². The van der Waals surface area contributed by atoms with Crippen LogP contribution in [0.1, 0.15) is 12.5 Å². The summed E-state index contributed by atoms with van der Waals surface area (Å²) in [5, 5.41) is 7.95. The van der Waals surface area contributed by atoms with Crippen LogP contribution in [0, 0.1) is 0 Å². The Bertz CT molecular complexity index is 959. The summed E-state index contributed by atoms with van der Waals surface area (Å²) in [4.78, 5) is 12.3. The molecule has 0 aliphatic heterocycles. The first-order valence-electron chi connectivity index (χ1n) is 8.67. The molecular formula is C20H19Cl2N3O3. The fourth-order valence-corrected chi connectivity index (χ4v) is 2.94. The number of nitrogens with one attached hydrogen (secondary N) is 1. The van der Waals surface area contributed by atoms with Crippen LogP contribution in [0.4, 0.5) is 5.82 Å². The van der Waals surface area contributed by atoms with Crippen molar-refractivity contribution in [1.29, 1.82) is 0 Å². The van der Waals surface area contributed by atoms with Crippen molar-refractivity contribution >= 4 is 34.9 Å². The normalized spacial score (nSPS) is 10.5. The molecule has 0 saturated heterocycles. The molecule has 3 rings (SSSR count). The van der Waals surface area contributed by atoms with Crippen LogP contribution in [0.15, 0.2) is 54.7 Å². The van der Waals surface area contributed by atoms with Gasteiger partial charge in [-0.15, -0.1) is 0 Å². The SMILES string of the molecule is CCOc1ccccc1OCC(=O)Nc1ccnn1Cc1cccc(Cl)c1Cl. The van der Waals surface area contributed by atoms with Gasteiger partial charge in [-0.2, -0.15) is 5.10 Å². The number of carbonyl (C=O) groups excluding carboxylic acids is 1. The van der Waals surface area contributed by atoms with E-state index in [1.165, 1.54) is 0 Å². The Morgan fingerprint density at radius 2 is 1.82 bits per heavy atom. The van der Waals surface area contributed by atoms with Crippen molar-refractivity contribution < 1.29 is 14.3 Å². The Labute approximate surface area is 173 Å². The van der Waals surface area contributed by atoms with Crippen molar-refractivity contribution in [2.24, 2.45) is 0 Å². The van der Waals surface area contributed by atoms with Crippen LogP contribution >= 0.6 is 23.2 Å². The van der Waals surface area contributed by atoms with Crippen molar-refractivity contribution in [2.45, 2.75) is 13.5 Å². The van der Waals surface area contributed by atoms with Crippen LogP contribution < -0.4 is 14.8 Å². The molecule has 0 spiro atoms. The van der Waals surface area contributed by atoms with Crippen molar-refractivity contribution in [3.05, 3.63) is 70.3 Å². The van der Waals surface area contributed by atoms with Gasteiger partial charge in [-0.1, -0.05) is 47.5 Å². The molecule has 0 radical (unpaired) electrons. The van der Waals surface area contributed by atoms with E-state index >= 15 is 0 Å². The first-order chi connectivity index (χ1) is 13.6. The number of anilines is 1. The zero-order valence-corrected chi connectivity index (χ0v) is 16.7. The monoisotopic (exact) mass is 419 g/mol. The molecule has 0 aliphatic rings. The van der Waals surface area contributed by atoms with E-state index < -0.39 is 0 Å². The summed E-state index contributed by atoms with van der Waals surface area (Å²) < 4.78 is 12.7. The van der Waals surface area contributed by atoms with Crippen LogP contribution in [0.5, 0.6) is 11.5 Å². The van der Waals surface area contributed by atoms with E-state index in [-0.39, 0.29) is 12.5 Å². The van der Waals surface area contributed by atoms with Crippen LogP contribution in [0.3, 0.4) is 0 Å². The van der Waals surface area contributed by atoms with Gasteiger partial charge in [0.25, 0.3) is 5.91 Å². The molecule has 0 atom stereocenters. The van der Waals surface area contributed by atoms with Gasteiger partial charge < -0.3 is 14.8 Å². The minimum Gasteiger partial charge on any atom is -0.490 e. The molecule has 2 aromatic carbocycles. The lowest BCUT2D eigenvalue weighted by molar-refractivity contribution is -0.118.